The lowest BCUT2D eigenvalue weighted by Gasteiger charge is -2.04. The Balaban J connectivity index is 1.60. The van der Waals surface area contributed by atoms with E-state index in [9.17, 15) is 14.9 Å². The van der Waals surface area contributed by atoms with Crippen molar-refractivity contribution in [2.75, 3.05) is 18.4 Å². The number of fused-ring (bicyclic) bond motifs is 1. The molecule has 0 spiro atoms. The van der Waals surface area contributed by atoms with Gasteiger partial charge in [-0.05, 0) is 17.1 Å². The maximum absolute atomic E-state index is 11.6. The number of thiazole rings is 1. The minimum Gasteiger partial charge on any atom is -0.459 e. The van der Waals surface area contributed by atoms with E-state index >= 15 is 0 Å². The zero-order chi connectivity index (χ0) is 15.5. The Kier molecular flexibility index (Phi) is 3.74. The largest absolute Gasteiger partial charge is 0.459 e. The number of furan rings is 1. The van der Waals surface area contributed by atoms with Gasteiger partial charge in [0.1, 0.15) is 6.20 Å². The smallest absolute Gasteiger partial charge is 0.372 e. The Morgan fingerprint density at radius 2 is 2.36 bits per heavy atom. The van der Waals surface area contributed by atoms with E-state index in [0.717, 1.165) is 0 Å². The second-order valence-electron chi connectivity index (χ2n) is 4.26. The predicted molar refractivity (Wildman–Crippen MR) is 79.3 cm³/mol. The van der Waals surface area contributed by atoms with Crippen LogP contribution in [-0.4, -0.2) is 33.3 Å². The van der Waals surface area contributed by atoms with Gasteiger partial charge in [0.2, 0.25) is 5.82 Å². The lowest BCUT2D eigenvalue weighted by Crippen LogP contribution is -2.28. The number of rotatable bonds is 6. The fourth-order valence-electron chi connectivity index (χ4n) is 1.92. The highest BCUT2D eigenvalue weighted by Crippen LogP contribution is 2.27. The Labute approximate surface area is 127 Å². The molecule has 0 atom stereocenters. The number of anilines is 1. The van der Waals surface area contributed by atoms with E-state index in [1.54, 1.807) is 23.7 Å². The molecule has 0 fully saturated rings. The second-order valence-corrected chi connectivity index (χ2v) is 5.13. The summed E-state index contributed by atoms with van der Waals surface area (Å²) >= 11 is 1.31. The fourth-order valence-corrected chi connectivity index (χ4v) is 2.63. The highest BCUT2D eigenvalue weighted by atomic mass is 32.1. The van der Waals surface area contributed by atoms with E-state index in [4.69, 9.17) is 4.42 Å². The first-order chi connectivity index (χ1) is 10.7. The molecule has 2 N–H and O–H groups in total. The van der Waals surface area contributed by atoms with E-state index in [1.165, 1.54) is 22.0 Å². The Bertz CT molecular complexity index is 807. The number of hydrogen-bond donors (Lipinski definition) is 2. The highest BCUT2D eigenvalue weighted by molar-refractivity contribution is 7.15. The topological polar surface area (TPSA) is 115 Å². The third kappa shape index (κ3) is 2.63. The third-order valence-corrected chi connectivity index (χ3v) is 3.61. The van der Waals surface area contributed by atoms with Crippen molar-refractivity contribution in [2.24, 2.45) is 0 Å². The molecule has 0 unspecified atom stereocenters. The number of nitro groups is 1. The molecule has 3 aromatic heterocycles. The number of imidazole rings is 1. The van der Waals surface area contributed by atoms with E-state index in [-0.39, 0.29) is 29.8 Å². The minimum absolute atomic E-state index is 0.117. The number of carbonyl (C=O) groups excluding carboxylic acids is 1. The van der Waals surface area contributed by atoms with E-state index in [1.807, 2.05) is 0 Å². The average Bonchev–Trinajstić information content (AvgIpc) is 3.18. The van der Waals surface area contributed by atoms with Gasteiger partial charge < -0.3 is 25.2 Å². The number of carbonyl (C=O) groups is 1. The van der Waals surface area contributed by atoms with Gasteiger partial charge >= 0.3 is 5.82 Å². The lowest BCUT2D eigenvalue weighted by molar-refractivity contribution is -0.389. The van der Waals surface area contributed by atoms with Crippen LogP contribution in [0.25, 0.3) is 4.96 Å². The standard InChI is InChI=1S/C12H11N5O4S/c18-10(8-2-1-6-21-8)14-4-3-13-9-11(17(19)20)16-5-7-22-12(16)15-9/h1-2,5-7,13H,3-4H2,(H,14,18). The summed E-state index contributed by atoms with van der Waals surface area (Å²) < 4.78 is 6.37. The third-order valence-electron chi connectivity index (χ3n) is 2.86. The molecule has 9 nitrogen and oxygen atoms in total. The summed E-state index contributed by atoms with van der Waals surface area (Å²) in [6.07, 6.45) is 3.00. The van der Waals surface area contributed by atoms with Crippen molar-refractivity contribution in [1.29, 1.82) is 0 Å². The zero-order valence-electron chi connectivity index (χ0n) is 11.2. The molecule has 0 saturated carbocycles. The maximum Gasteiger partial charge on any atom is 0.372 e. The molecule has 0 saturated heterocycles. The van der Waals surface area contributed by atoms with Gasteiger partial charge in [0.05, 0.1) is 6.26 Å². The predicted octanol–water partition coefficient (Wildman–Crippen LogP) is 1.74. The summed E-state index contributed by atoms with van der Waals surface area (Å²) in [6, 6.07) is 3.17. The molecule has 3 aromatic rings. The van der Waals surface area contributed by atoms with Gasteiger partial charge in [-0.3, -0.25) is 4.79 Å². The summed E-state index contributed by atoms with van der Waals surface area (Å²) in [5.41, 5.74) is 0. The van der Waals surface area contributed by atoms with Gasteiger partial charge in [-0.25, -0.2) is 0 Å². The molecule has 10 heteroatoms. The van der Waals surface area contributed by atoms with Gasteiger partial charge in [0, 0.05) is 18.5 Å². The van der Waals surface area contributed by atoms with Crippen LogP contribution in [-0.2, 0) is 0 Å². The first-order valence-electron chi connectivity index (χ1n) is 6.32. The zero-order valence-corrected chi connectivity index (χ0v) is 12.0. The second kappa shape index (κ2) is 5.85. The number of aromatic nitrogens is 2. The van der Waals surface area contributed by atoms with Crippen molar-refractivity contribution >= 4 is 33.8 Å². The SMILES string of the molecule is O=C(NCCNc1nc2sccn2c1[N+](=O)[O-])c1ccco1. The van der Waals surface area contributed by atoms with Crippen LogP contribution in [0.1, 0.15) is 10.6 Å². The summed E-state index contributed by atoms with van der Waals surface area (Å²) in [5, 5.41) is 18.3. The van der Waals surface area contributed by atoms with Crippen LogP contribution in [0.2, 0.25) is 0 Å². The minimum atomic E-state index is -0.490. The molecular formula is C12H11N5O4S. The van der Waals surface area contributed by atoms with Crippen LogP contribution in [0, 0.1) is 10.1 Å². The van der Waals surface area contributed by atoms with E-state index in [0.29, 0.717) is 11.5 Å². The van der Waals surface area contributed by atoms with Crippen molar-refractivity contribution < 1.29 is 14.1 Å². The number of amides is 1. The molecule has 0 bridgehead atoms. The van der Waals surface area contributed by atoms with E-state index in [2.05, 4.69) is 15.6 Å². The van der Waals surface area contributed by atoms with Gasteiger partial charge in [0.25, 0.3) is 10.9 Å². The fraction of sp³-hybridized carbons (Fsp3) is 0.167. The molecule has 0 aromatic carbocycles. The molecular weight excluding hydrogens is 310 g/mol. The van der Waals surface area contributed by atoms with Crippen LogP contribution in [0.15, 0.2) is 34.4 Å². The van der Waals surface area contributed by atoms with Gasteiger partial charge in [-0.1, -0.05) is 11.3 Å². The lowest BCUT2D eigenvalue weighted by atomic mass is 10.4. The number of nitrogens with zero attached hydrogens (tertiary/aromatic N) is 3. The molecule has 0 aliphatic carbocycles. The van der Waals surface area contributed by atoms with Crippen LogP contribution < -0.4 is 10.6 Å². The average molecular weight is 321 g/mol. The Hall–Kier alpha value is -2.88. The van der Waals surface area contributed by atoms with Crippen LogP contribution in [0.5, 0.6) is 0 Å². The molecule has 3 heterocycles. The van der Waals surface area contributed by atoms with Crippen molar-refractivity contribution in [2.45, 2.75) is 0 Å². The maximum atomic E-state index is 11.6. The molecule has 3 rings (SSSR count). The van der Waals surface area contributed by atoms with E-state index < -0.39 is 4.92 Å². The highest BCUT2D eigenvalue weighted by Gasteiger charge is 2.23. The summed E-state index contributed by atoms with van der Waals surface area (Å²) in [6.45, 7) is 0.583. The summed E-state index contributed by atoms with van der Waals surface area (Å²) in [7, 11) is 0. The van der Waals surface area contributed by atoms with Gasteiger partial charge in [0.15, 0.2) is 5.76 Å². The molecule has 0 aliphatic heterocycles. The molecule has 0 radical (unpaired) electrons. The molecule has 1 amide bonds. The molecule has 22 heavy (non-hydrogen) atoms. The monoisotopic (exact) mass is 321 g/mol. The van der Waals surface area contributed by atoms with Crippen LogP contribution in [0.4, 0.5) is 11.6 Å². The molecule has 114 valence electrons. The van der Waals surface area contributed by atoms with Crippen molar-refractivity contribution in [3.8, 4) is 0 Å². The Morgan fingerprint density at radius 1 is 1.50 bits per heavy atom. The van der Waals surface area contributed by atoms with Crippen LogP contribution >= 0.6 is 11.3 Å². The van der Waals surface area contributed by atoms with Crippen LogP contribution in [0.3, 0.4) is 0 Å². The number of nitrogens with one attached hydrogen (secondary N) is 2. The summed E-state index contributed by atoms with van der Waals surface area (Å²) in [4.78, 5) is 27.0. The molecule has 0 aliphatic rings. The van der Waals surface area contributed by atoms with Crippen molar-refractivity contribution in [3.63, 3.8) is 0 Å². The summed E-state index contributed by atoms with van der Waals surface area (Å²) in [5.74, 6) is -0.0571. The van der Waals surface area contributed by atoms with Gasteiger partial charge in [-0.2, -0.15) is 9.38 Å². The van der Waals surface area contributed by atoms with Crippen molar-refractivity contribution in [1.82, 2.24) is 14.7 Å². The quantitative estimate of drug-likeness (QED) is 0.406. The van der Waals surface area contributed by atoms with Gasteiger partial charge in [-0.15, -0.1) is 0 Å². The number of hydrogen-bond acceptors (Lipinski definition) is 7. The first-order valence-corrected chi connectivity index (χ1v) is 7.20. The Morgan fingerprint density at radius 3 is 3.09 bits per heavy atom. The van der Waals surface area contributed by atoms with Crippen molar-refractivity contribution in [3.05, 3.63) is 45.8 Å². The normalized spacial score (nSPS) is 10.7. The first kappa shape index (κ1) is 14.1.